The van der Waals surface area contributed by atoms with Gasteiger partial charge in [0.25, 0.3) is 15.9 Å². The molecule has 0 saturated heterocycles. The number of rotatable bonds is 11. The van der Waals surface area contributed by atoms with Crippen LogP contribution in [0.15, 0.2) is 59.5 Å². The van der Waals surface area contributed by atoms with Gasteiger partial charge in [-0.05, 0) is 70.0 Å². The molecule has 3 aromatic carbocycles. The summed E-state index contributed by atoms with van der Waals surface area (Å²) in [7, 11) is 8.36. The lowest BCUT2D eigenvalue weighted by Gasteiger charge is -2.42. The summed E-state index contributed by atoms with van der Waals surface area (Å²) in [4.78, 5) is 33.4. The van der Waals surface area contributed by atoms with E-state index < -0.39 is 27.5 Å². The lowest BCUT2D eigenvalue weighted by atomic mass is 9.80. The first-order valence-electron chi connectivity index (χ1n) is 14.0. The fraction of sp³-hybridized carbons (Fsp3) is 0.375. The number of benzene rings is 3. The summed E-state index contributed by atoms with van der Waals surface area (Å²) in [5.74, 6) is -0.429. The van der Waals surface area contributed by atoms with Crippen LogP contribution >= 0.6 is 11.6 Å². The maximum absolute atomic E-state index is 15.2. The van der Waals surface area contributed by atoms with E-state index in [-0.39, 0.29) is 32.8 Å². The number of carbonyl (C=O) groups is 2. The third-order valence-electron chi connectivity index (χ3n) is 8.01. The Bertz CT molecular complexity index is 1730. The van der Waals surface area contributed by atoms with Gasteiger partial charge in [0.1, 0.15) is 22.1 Å². The number of anilines is 1. The van der Waals surface area contributed by atoms with Gasteiger partial charge >= 0.3 is 0 Å². The van der Waals surface area contributed by atoms with Crippen molar-refractivity contribution in [2.45, 2.75) is 29.9 Å². The van der Waals surface area contributed by atoms with Crippen molar-refractivity contribution >= 4 is 39.1 Å². The van der Waals surface area contributed by atoms with E-state index in [1.165, 1.54) is 56.6 Å². The smallest absolute Gasteiger partial charge is 0.274 e. The Morgan fingerprint density at radius 3 is 2.13 bits per heavy atom. The number of halogens is 1. The number of methoxy groups -OCH3 is 3. The van der Waals surface area contributed by atoms with Crippen LogP contribution in [0.25, 0.3) is 0 Å². The average Bonchev–Trinajstić information content (AvgIpc) is 3.27. The number of carbonyl (C=O) groups excluding carboxylic acids is 2. The third-order valence-corrected chi connectivity index (χ3v) is 9.98. The highest BCUT2D eigenvalue weighted by atomic mass is 35.5. The number of sulfonamides is 1. The predicted molar refractivity (Wildman–Crippen MR) is 173 cm³/mol. The van der Waals surface area contributed by atoms with E-state index >= 15 is 4.79 Å². The summed E-state index contributed by atoms with van der Waals surface area (Å²) in [6.07, 6.45) is 0. The standard InChI is InChI=1S/C32H39ClN4O7S/c1-20(30(38)35(4)5)36(6)32(24-13-10-21(19-34(2)3)16-27(24)43-8)25-17-22(33)11-14-26(25)37(31(32)39)45(40,41)29-15-12-23(42-7)18-28(29)44-9/h10-18,20H,19H2,1-9H3/t20-,32?/m0/s1. The van der Waals surface area contributed by atoms with E-state index in [0.717, 1.165) is 9.87 Å². The summed E-state index contributed by atoms with van der Waals surface area (Å²) in [5, 5.41) is 0.274. The second-order valence-electron chi connectivity index (χ2n) is 11.3. The fourth-order valence-corrected chi connectivity index (χ4v) is 7.56. The number of likely N-dealkylation sites (N-methyl/N-ethyl adjacent to an activating group) is 2. The lowest BCUT2D eigenvalue weighted by Crippen LogP contribution is -2.59. The highest BCUT2D eigenvalue weighted by molar-refractivity contribution is 7.93. The molecule has 11 nitrogen and oxygen atoms in total. The van der Waals surface area contributed by atoms with Crippen molar-refractivity contribution in [1.29, 1.82) is 0 Å². The van der Waals surface area contributed by atoms with E-state index in [4.69, 9.17) is 25.8 Å². The Kier molecular flexibility index (Phi) is 9.74. The Balaban J connectivity index is 2.11. The van der Waals surface area contributed by atoms with Crippen LogP contribution < -0.4 is 18.5 Å². The van der Waals surface area contributed by atoms with Crippen LogP contribution in [0.1, 0.15) is 23.6 Å². The number of amides is 2. The molecule has 4 rings (SSSR count). The molecular formula is C32H39ClN4O7S. The first-order chi connectivity index (χ1) is 21.2. The predicted octanol–water partition coefficient (Wildman–Crippen LogP) is 3.82. The van der Waals surface area contributed by atoms with Gasteiger partial charge in [-0.15, -0.1) is 0 Å². The van der Waals surface area contributed by atoms with E-state index in [2.05, 4.69) is 0 Å². The zero-order chi connectivity index (χ0) is 33.4. The minimum Gasteiger partial charge on any atom is -0.497 e. The van der Waals surface area contributed by atoms with Crippen molar-refractivity contribution in [3.63, 3.8) is 0 Å². The number of nitrogens with zero attached hydrogens (tertiary/aromatic N) is 4. The van der Waals surface area contributed by atoms with E-state index in [1.807, 2.05) is 31.1 Å². The summed E-state index contributed by atoms with van der Waals surface area (Å²) in [5.41, 5.74) is -0.255. The molecule has 0 aromatic heterocycles. The molecule has 0 N–H and O–H groups in total. The van der Waals surface area contributed by atoms with E-state index in [9.17, 15) is 13.2 Å². The van der Waals surface area contributed by atoms with Gasteiger partial charge in [0, 0.05) is 42.9 Å². The molecule has 1 unspecified atom stereocenters. The average molecular weight is 659 g/mol. The van der Waals surface area contributed by atoms with Crippen LogP contribution in [0, 0.1) is 0 Å². The molecule has 242 valence electrons. The lowest BCUT2D eigenvalue weighted by molar-refractivity contribution is -0.138. The molecule has 0 spiro atoms. The van der Waals surface area contributed by atoms with Crippen LogP contribution in [-0.2, 0) is 31.7 Å². The monoisotopic (exact) mass is 658 g/mol. The van der Waals surface area contributed by atoms with Crippen molar-refractivity contribution in [3.8, 4) is 17.2 Å². The van der Waals surface area contributed by atoms with Crippen LogP contribution in [0.5, 0.6) is 17.2 Å². The van der Waals surface area contributed by atoms with Gasteiger partial charge < -0.3 is 24.0 Å². The van der Waals surface area contributed by atoms with Crippen molar-refractivity contribution in [2.24, 2.45) is 0 Å². The number of hydrogen-bond donors (Lipinski definition) is 0. The molecule has 2 atom stereocenters. The summed E-state index contributed by atoms with van der Waals surface area (Å²) in [6, 6.07) is 13.3. The number of ether oxygens (including phenoxy) is 3. The Labute approximate surface area is 269 Å². The van der Waals surface area contributed by atoms with Gasteiger partial charge in [0.05, 0.1) is 33.1 Å². The second-order valence-corrected chi connectivity index (χ2v) is 13.4. The van der Waals surface area contributed by atoms with Gasteiger partial charge in [-0.25, -0.2) is 12.7 Å². The molecule has 1 aliphatic rings. The molecule has 0 saturated carbocycles. The molecule has 0 fully saturated rings. The zero-order valence-electron chi connectivity index (χ0n) is 26.9. The summed E-state index contributed by atoms with van der Waals surface area (Å²) in [6.45, 7) is 2.25. The molecular weight excluding hydrogens is 620 g/mol. The Morgan fingerprint density at radius 1 is 0.889 bits per heavy atom. The topological polar surface area (TPSA) is 109 Å². The molecule has 13 heteroatoms. The normalized spacial score (nSPS) is 17.0. The van der Waals surface area contributed by atoms with Gasteiger partial charge in [0.15, 0.2) is 5.54 Å². The molecule has 0 radical (unpaired) electrons. The molecule has 0 aliphatic carbocycles. The number of hydrogen-bond acceptors (Lipinski definition) is 9. The Hall–Kier alpha value is -3.84. The van der Waals surface area contributed by atoms with E-state index in [1.54, 1.807) is 45.1 Å². The summed E-state index contributed by atoms with van der Waals surface area (Å²) >= 11 is 6.56. The van der Waals surface area contributed by atoms with Crippen LogP contribution in [-0.4, -0.2) is 97.5 Å². The molecule has 3 aromatic rings. The highest BCUT2D eigenvalue weighted by Gasteiger charge is 2.61. The van der Waals surface area contributed by atoms with Crippen LogP contribution in [0.4, 0.5) is 5.69 Å². The van der Waals surface area contributed by atoms with Crippen LogP contribution in [0.2, 0.25) is 5.02 Å². The first kappa shape index (κ1) is 34.0. The minimum absolute atomic E-state index is 0.00899. The minimum atomic E-state index is -4.61. The second kappa shape index (κ2) is 12.9. The number of fused-ring (bicyclic) bond motifs is 1. The molecule has 1 aliphatic heterocycles. The van der Waals surface area contributed by atoms with Crippen molar-refractivity contribution in [1.82, 2.24) is 14.7 Å². The van der Waals surface area contributed by atoms with Crippen molar-refractivity contribution in [3.05, 3.63) is 76.3 Å². The van der Waals surface area contributed by atoms with Gasteiger partial charge in [0.2, 0.25) is 5.91 Å². The molecule has 1 heterocycles. The van der Waals surface area contributed by atoms with Gasteiger partial charge in [-0.1, -0.05) is 23.7 Å². The van der Waals surface area contributed by atoms with Crippen molar-refractivity contribution in [2.75, 3.05) is 60.9 Å². The van der Waals surface area contributed by atoms with Gasteiger partial charge in [-0.3, -0.25) is 14.5 Å². The fourth-order valence-electron chi connectivity index (χ4n) is 5.79. The largest absolute Gasteiger partial charge is 0.497 e. The SMILES string of the molecule is COc1ccc(S(=O)(=O)N2C(=O)C(c3ccc(CN(C)C)cc3OC)(N(C)[C@@H](C)C(=O)N(C)C)c3cc(Cl)ccc32)c(OC)c1. The van der Waals surface area contributed by atoms with E-state index in [0.29, 0.717) is 23.6 Å². The highest BCUT2D eigenvalue weighted by Crippen LogP contribution is 2.53. The van der Waals surface area contributed by atoms with Crippen molar-refractivity contribution < 1.29 is 32.2 Å². The molecule has 2 amide bonds. The molecule has 45 heavy (non-hydrogen) atoms. The van der Waals surface area contributed by atoms with Crippen LogP contribution in [0.3, 0.4) is 0 Å². The maximum Gasteiger partial charge on any atom is 0.274 e. The molecule has 0 bridgehead atoms. The maximum atomic E-state index is 15.2. The third kappa shape index (κ3) is 5.71. The Morgan fingerprint density at radius 2 is 1.56 bits per heavy atom. The zero-order valence-corrected chi connectivity index (χ0v) is 28.5. The van der Waals surface area contributed by atoms with Gasteiger partial charge in [-0.2, -0.15) is 0 Å². The summed E-state index contributed by atoms with van der Waals surface area (Å²) < 4.78 is 46.5. The first-order valence-corrected chi connectivity index (χ1v) is 15.9. The quantitative estimate of drug-likeness (QED) is 0.304.